The van der Waals surface area contributed by atoms with Crippen molar-refractivity contribution < 1.29 is 0 Å². The van der Waals surface area contributed by atoms with Gasteiger partial charge >= 0.3 is 0 Å². The van der Waals surface area contributed by atoms with Crippen molar-refractivity contribution in [3.05, 3.63) is 94.2 Å². The fraction of sp³-hybridized carbons (Fsp3) is 0.160. The van der Waals surface area contributed by atoms with Crippen molar-refractivity contribution in [2.75, 3.05) is 0 Å². The van der Waals surface area contributed by atoms with Crippen LogP contribution in [-0.2, 0) is 0 Å². The Morgan fingerprint density at radius 3 is 2.61 bits per heavy atom. The summed E-state index contributed by atoms with van der Waals surface area (Å²) in [7, 11) is 0. The number of benzene rings is 2. The van der Waals surface area contributed by atoms with Crippen LogP contribution in [0.3, 0.4) is 0 Å². The standard InChI is InChI=1S/C25H22N6OS/c1-15-11-12-21(16(2)14-15)31-23(20-10-6-7-13-26-20)29-30-25(31)33-17(3)22-27-19-9-5-4-8-18(19)24(32)28-22/h4-14,17H,1-3H3,(H,27,28,32). The lowest BCUT2D eigenvalue weighted by Crippen LogP contribution is -2.13. The second-order valence-corrected chi connectivity index (χ2v) is 9.18. The summed E-state index contributed by atoms with van der Waals surface area (Å²) in [5.74, 6) is 1.26. The molecule has 0 spiro atoms. The summed E-state index contributed by atoms with van der Waals surface area (Å²) in [6.07, 6.45) is 1.75. The smallest absolute Gasteiger partial charge is 0.258 e. The van der Waals surface area contributed by atoms with Crippen LogP contribution in [0, 0.1) is 13.8 Å². The normalized spacial score (nSPS) is 12.2. The molecule has 0 bridgehead atoms. The van der Waals surface area contributed by atoms with Crippen molar-refractivity contribution in [1.29, 1.82) is 0 Å². The first-order valence-corrected chi connectivity index (χ1v) is 11.5. The molecule has 1 atom stereocenters. The molecule has 0 saturated carbocycles. The number of rotatable bonds is 5. The summed E-state index contributed by atoms with van der Waals surface area (Å²) in [6.45, 7) is 6.14. The van der Waals surface area contributed by atoms with Crippen LogP contribution in [-0.4, -0.2) is 29.7 Å². The Balaban J connectivity index is 1.60. The second kappa shape index (κ2) is 8.63. The first-order valence-electron chi connectivity index (χ1n) is 10.6. The Morgan fingerprint density at radius 1 is 1.00 bits per heavy atom. The molecule has 164 valence electrons. The quantitative estimate of drug-likeness (QED) is 0.375. The molecular formula is C25H22N6OS. The molecule has 5 rings (SSSR count). The second-order valence-electron chi connectivity index (χ2n) is 7.87. The van der Waals surface area contributed by atoms with Gasteiger partial charge in [-0.3, -0.25) is 14.3 Å². The molecule has 3 heterocycles. The summed E-state index contributed by atoms with van der Waals surface area (Å²) in [5.41, 5.74) is 4.55. The first kappa shape index (κ1) is 21.1. The van der Waals surface area contributed by atoms with E-state index in [1.165, 1.54) is 17.3 Å². The molecule has 0 amide bonds. The van der Waals surface area contributed by atoms with E-state index >= 15 is 0 Å². The number of aromatic amines is 1. The summed E-state index contributed by atoms with van der Waals surface area (Å²) < 4.78 is 2.03. The fourth-order valence-electron chi connectivity index (χ4n) is 3.79. The van der Waals surface area contributed by atoms with Gasteiger partial charge in [0.1, 0.15) is 11.5 Å². The number of aromatic nitrogens is 6. The van der Waals surface area contributed by atoms with Gasteiger partial charge in [0.25, 0.3) is 5.56 Å². The molecule has 0 saturated heterocycles. The average molecular weight is 455 g/mol. The highest BCUT2D eigenvalue weighted by Gasteiger charge is 2.22. The van der Waals surface area contributed by atoms with Crippen molar-refractivity contribution in [2.24, 2.45) is 0 Å². The zero-order valence-corrected chi connectivity index (χ0v) is 19.3. The monoisotopic (exact) mass is 454 g/mol. The maximum atomic E-state index is 12.6. The van der Waals surface area contributed by atoms with Crippen molar-refractivity contribution in [2.45, 2.75) is 31.2 Å². The lowest BCUT2D eigenvalue weighted by atomic mass is 10.1. The highest BCUT2D eigenvalue weighted by molar-refractivity contribution is 7.99. The number of thioether (sulfide) groups is 1. The zero-order valence-electron chi connectivity index (χ0n) is 18.5. The van der Waals surface area contributed by atoms with E-state index < -0.39 is 0 Å². The van der Waals surface area contributed by atoms with E-state index in [1.807, 2.05) is 47.9 Å². The molecule has 1 unspecified atom stereocenters. The van der Waals surface area contributed by atoms with Gasteiger partial charge in [-0.1, -0.05) is 47.7 Å². The molecule has 33 heavy (non-hydrogen) atoms. The molecule has 0 fully saturated rings. The highest BCUT2D eigenvalue weighted by atomic mass is 32.2. The number of fused-ring (bicyclic) bond motifs is 1. The van der Waals surface area contributed by atoms with Crippen molar-refractivity contribution in [1.82, 2.24) is 29.7 Å². The van der Waals surface area contributed by atoms with Crippen LogP contribution in [0.25, 0.3) is 28.1 Å². The Morgan fingerprint density at radius 2 is 1.82 bits per heavy atom. The Bertz CT molecular complexity index is 1510. The van der Waals surface area contributed by atoms with Crippen LogP contribution < -0.4 is 5.56 Å². The summed E-state index contributed by atoms with van der Waals surface area (Å²) in [4.78, 5) is 24.7. The van der Waals surface area contributed by atoms with E-state index in [9.17, 15) is 4.79 Å². The van der Waals surface area contributed by atoms with Gasteiger partial charge in [0.15, 0.2) is 11.0 Å². The van der Waals surface area contributed by atoms with E-state index in [0.717, 1.165) is 16.9 Å². The first-order chi connectivity index (χ1) is 16.0. The number of hydrogen-bond donors (Lipinski definition) is 1. The van der Waals surface area contributed by atoms with Crippen molar-refractivity contribution in [3.8, 4) is 17.2 Å². The van der Waals surface area contributed by atoms with E-state index in [2.05, 4.69) is 57.2 Å². The van der Waals surface area contributed by atoms with Gasteiger partial charge in [-0.15, -0.1) is 10.2 Å². The van der Waals surface area contributed by atoms with Crippen LogP contribution in [0.1, 0.15) is 29.1 Å². The minimum absolute atomic E-state index is 0.145. The van der Waals surface area contributed by atoms with Gasteiger partial charge in [0.2, 0.25) is 0 Å². The largest absolute Gasteiger partial charge is 0.309 e. The zero-order chi connectivity index (χ0) is 22.9. The van der Waals surface area contributed by atoms with E-state index in [4.69, 9.17) is 0 Å². The van der Waals surface area contributed by atoms with Crippen LogP contribution in [0.5, 0.6) is 0 Å². The molecule has 3 aromatic heterocycles. The Hall–Kier alpha value is -3.78. The van der Waals surface area contributed by atoms with Crippen LogP contribution >= 0.6 is 11.8 Å². The summed E-state index contributed by atoms with van der Waals surface area (Å²) >= 11 is 1.49. The van der Waals surface area contributed by atoms with Gasteiger partial charge in [-0.2, -0.15) is 0 Å². The number of nitrogens with zero attached hydrogens (tertiary/aromatic N) is 5. The van der Waals surface area contributed by atoms with Gasteiger partial charge in [0, 0.05) is 6.20 Å². The molecule has 7 nitrogen and oxygen atoms in total. The topological polar surface area (TPSA) is 89.4 Å². The predicted molar refractivity (Wildman–Crippen MR) is 131 cm³/mol. The predicted octanol–water partition coefficient (Wildman–Crippen LogP) is 5.04. The highest BCUT2D eigenvalue weighted by Crippen LogP contribution is 2.36. The van der Waals surface area contributed by atoms with Gasteiger partial charge < -0.3 is 4.98 Å². The summed E-state index contributed by atoms with van der Waals surface area (Å²) in [6, 6.07) is 19.4. The third-order valence-electron chi connectivity index (χ3n) is 5.42. The molecular weight excluding hydrogens is 432 g/mol. The average Bonchev–Trinajstić information content (AvgIpc) is 3.23. The number of hydrogen-bond acceptors (Lipinski definition) is 6. The number of H-pyrrole nitrogens is 1. The SMILES string of the molecule is Cc1ccc(-n2c(SC(C)c3nc4ccccc4c(=O)[nH]3)nnc2-c2ccccn2)c(C)c1. The maximum Gasteiger partial charge on any atom is 0.258 e. The van der Waals surface area contributed by atoms with E-state index in [0.29, 0.717) is 27.7 Å². The number of pyridine rings is 1. The van der Waals surface area contributed by atoms with Gasteiger partial charge in [-0.05, 0) is 56.7 Å². The van der Waals surface area contributed by atoms with Crippen LogP contribution in [0.2, 0.25) is 0 Å². The fourth-order valence-corrected chi connectivity index (χ4v) is 4.71. The lowest BCUT2D eigenvalue weighted by molar-refractivity contribution is 0.858. The van der Waals surface area contributed by atoms with Gasteiger partial charge in [-0.25, -0.2) is 4.98 Å². The van der Waals surface area contributed by atoms with E-state index in [-0.39, 0.29) is 10.8 Å². The number of para-hydroxylation sites is 1. The molecule has 8 heteroatoms. The van der Waals surface area contributed by atoms with Crippen LogP contribution in [0.4, 0.5) is 0 Å². The minimum atomic E-state index is -0.160. The Kier molecular flexibility index (Phi) is 5.51. The minimum Gasteiger partial charge on any atom is -0.309 e. The molecule has 0 aliphatic carbocycles. The van der Waals surface area contributed by atoms with Gasteiger partial charge in [0.05, 0.1) is 21.8 Å². The third-order valence-corrected chi connectivity index (χ3v) is 6.47. The molecule has 0 aliphatic rings. The molecule has 5 aromatic rings. The number of nitrogens with one attached hydrogen (secondary N) is 1. The van der Waals surface area contributed by atoms with Crippen molar-refractivity contribution in [3.63, 3.8) is 0 Å². The molecule has 2 aromatic carbocycles. The van der Waals surface area contributed by atoms with E-state index in [1.54, 1.807) is 12.3 Å². The lowest BCUT2D eigenvalue weighted by Gasteiger charge is -2.15. The molecule has 1 N–H and O–H groups in total. The summed E-state index contributed by atoms with van der Waals surface area (Å²) in [5, 5.41) is 10.1. The number of aryl methyl sites for hydroxylation is 2. The maximum absolute atomic E-state index is 12.6. The third kappa shape index (κ3) is 4.05. The Labute approximate surface area is 195 Å². The van der Waals surface area contributed by atoms with Crippen molar-refractivity contribution >= 4 is 22.7 Å². The van der Waals surface area contributed by atoms with Crippen LogP contribution in [0.15, 0.2) is 76.8 Å². The molecule has 0 radical (unpaired) electrons. The molecule has 0 aliphatic heterocycles.